The molecule has 2 N–H and O–H groups in total. The number of methoxy groups -OCH3 is 1. The van der Waals surface area contributed by atoms with E-state index >= 15 is 0 Å². The van der Waals surface area contributed by atoms with E-state index in [1.54, 1.807) is 24.3 Å². The minimum atomic E-state index is -0.310. The van der Waals surface area contributed by atoms with Crippen molar-refractivity contribution in [1.29, 1.82) is 0 Å². The van der Waals surface area contributed by atoms with Crippen molar-refractivity contribution in [3.05, 3.63) is 59.7 Å². The molecule has 1 amide bonds. The molecule has 6 heteroatoms. The predicted molar refractivity (Wildman–Crippen MR) is 102 cm³/mol. The van der Waals surface area contributed by atoms with Crippen molar-refractivity contribution in [2.24, 2.45) is 0 Å². The quantitative estimate of drug-likeness (QED) is 0.776. The highest BCUT2D eigenvalue weighted by molar-refractivity contribution is 7.80. The van der Waals surface area contributed by atoms with Gasteiger partial charge in [-0.15, -0.1) is 0 Å². The molecule has 0 fully saturated rings. The summed E-state index contributed by atoms with van der Waals surface area (Å²) < 4.78 is 10.8. The Hall–Kier alpha value is -2.60. The molecule has 0 aliphatic rings. The molecule has 0 atom stereocenters. The molecule has 2 aromatic rings. The smallest absolute Gasteiger partial charge is 0.261 e. The third-order valence-corrected chi connectivity index (χ3v) is 3.57. The fourth-order valence-electron chi connectivity index (χ4n) is 2.19. The second-order valence-electron chi connectivity index (χ2n) is 5.65. The minimum absolute atomic E-state index is 0.141. The van der Waals surface area contributed by atoms with E-state index in [4.69, 9.17) is 21.7 Å². The number of ether oxygens (including phenoxy) is 2. The van der Waals surface area contributed by atoms with Crippen molar-refractivity contribution >= 4 is 23.2 Å². The summed E-state index contributed by atoms with van der Waals surface area (Å²) in [4.78, 5) is 12.3. The first-order valence-electron chi connectivity index (χ1n) is 7.97. The Morgan fingerprint density at radius 2 is 1.80 bits per heavy atom. The Labute approximate surface area is 153 Å². The number of rotatable bonds is 6. The van der Waals surface area contributed by atoms with Crippen LogP contribution in [0, 0.1) is 0 Å². The summed E-state index contributed by atoms with van der Waals surface area (Å²) >= 11 is 5.18. The second kappa shape index (κ2) is 9.03. The molecular formula is C19H22N2O3S. The molecule has 0 heterocycles. The van der Waals surface area contributed by atoms with E-state index in [0.29, 0.717) is 17.9 Å². The number of benzene rings is 2. The number of nitrogens with one attached hydrogen (secondary N) is 2. The third kappa shape index (κ3) is 5.76. The zero-order valence-electron chi connectivity index (χ0n) is 14.5. The maximum Gasteiger partial charge on any atom is 0.261 e. The maximum atomic E-state index is 12.3. The van der Waals surface area contributed by atoms with Crippen LogP contribution in [-0.2, 0) is 6.54 Å². The highest BCUT2D eigenvalue weighted by Crippen LogP contribution is 2.17. The fraction of sp³-hybridized carbons (Fsp3) is 0.263. The lowest BCUT2D eigenvalue weighted by Crippen LogP contribution is -2.38. The standard InChI is InChI=1S/C19H22N2O3S/c1-13(2)24-15-10-8-14(9-11-15)12-20-19(25)21-18(22)16-6-4-5-7-17(16)23-3/h4-11,13H,12H2,1-3H3,(H2,20,21,22,25). The van der Waals surface area contributed by atoms with E-state index in [-0.39, 0.29) is 17.1 Å². The van der Waals surface area contributed by atoms with Crippen LogP contribution in [-0.4, -0.2) is 24.2 Å². The average Bonchev–Trinajstić information content (AvgIpc) is 2.60. The molecule has 0 radical (unpaired) electrons. The summed E-state index contributed by atoms with van der Waals surface area (Å²) in [6, 6.07) is 14.7. The highest BCUT2D eigenvalue weighted by Gasteiger charge is 2.12. The first kappa shape index (κ1) is 18.7. The van der Waals surface area contributed by atoms with Gasteiger partial charge in [0.1, 0.15) is 11.5 Å². The molecular weight excluding hydrogens is 336 g/mol. The number of thiocarbonyl (C=S) groups is 1. The number of amides is 1. The van der Waals surface area contributed by atoms with Gasteiger partial charge in [0.15, 0.2) is 5.11 Å². The van der Waals surface area contributed by atoms with Gasteiger partial charge in [-0.1, -0.05) is 24.3 Å². The van der Waals surface area contributed by atoms with E-state index < -0.39 is 0 Å². The van der Waals surface area contributed by atoms with Crippen molar-refractivity contribution < 1.29 is 14.3 Å². The monoisotopic (exact) mass is 358 g/mol. The third-order valence-electron chi connectivity index (χ3n) is 3.33. The van der Waals surface area contributed by atoms with Gasteiger partial charge in [0, 0.05) is 6.54 Å². The summed E-state index contributed by atoms with van der Waals surface area (Å²) in [5, 5.41) is 5.93. The largest absolute Gasteiger partial charge is 0.496 e. The molecule has 0 saturated heterocycles. The molecule has 2 aromatic carbocycles. The molecule has 5 nitrogen and oxygen atoms in total. The van der Waals surface area contributed by atoms with Crippen molar-refractivity contribution in [2.45, 2.75) is 26.5 Å². The van der Waals surface area contributed by atoms with E-state index in [2.05, 4.69) is 10.6 Å². The van der Waals surface area contributed by atoms with Gasteiger partial charge in [-0.25, -0.2) is 0 Å². The SMILES string of the molecule is COc1ccccc1C(=O)NC(=S)NCc1ccc(OC(C)C)cc1. The molecule has 0 spiro atoms. The lowest BCUT2D eigenvalue weighted by molar-refractivity contribution is 0.0973. The van der Waals surface area contributed by atoms with Gasteiger partial charge in [0.05, 0.1) is 18.8 Å². The Morgan fingerprint density at radius 3 is 2.44 bits per heavy atom. The van der Waals surface area contributed by atoms with Gasteiger partial charge < -0.3 is 14.8 Å². The van der Waals surface area contributed by atoms with Crippen LogP contribution < -0.4 is 20.1 Å². The molecule has 2 rings (SSSR count). The topological polar surface area (TPSA) is 59.6 Å². The maximum absolute atomic E-state index is 12.3. The van der Waals surface area contributed by atoms with E-state index in [1.165, 1.54) is 7.11 Å². The first-order valence-corrected chi connectivity index (χ1v) is 8.38. The first-order chi connectivity index (χ1) is 12.0. The van der Waals surface area contributed by atoms with Crippen LogP contribution >= 0.6 is 12.2 Å². The van der Waals surface area contributed by atoms with Crippen LogP contribution in [0.25, 0.3) is 0 Å². The van der Waals surface area contributed by atoms with Crippen molar-refractivity contribution in [2.75, 3.05) is 7.11 Å². The van der Waals surface area contributed by atoms with Crippen LogP contribution in [0.3, 0.4) is 0 Å². The zero-order valence-corrected chi connectivity index (χ0v) is 15.4. The van der Waals surface area contributed by atoms with Crippen LogP contribution in [0.15, 0.2) is 48.5 Å². The van der Waals surface area contributed by atoms with Gasteiger partial charge in [-0.3, -0.25) is 10.1 Å². The minimum Gasteiger partial charge on any atom is -0.496 e. The highest BCUT2D eigenvalue weighted by atomic mass is 32.1. The van der Waals surface area contributed by atoms with E-state index in [1.807, 2.05) is 38.1 Å². The fourth-order valence-corrected chi connectivity index (χ4v) is 2.35. The molecule has 0 aromatic heterocycles. The molecule has 0 saturated carbocycles. The Balaban J connectivity index is 1.87. The lowest BCUT2D eigenvalue weighted by Gasteiger charge is -2.12. The number of carbonyl (C=O) groups is 1. The average molecular weight is 358 g/mol. The van der Waals surface area contributed by atoms with Crippen LogP contribution in [0.5, 0.6) is 11.5 Å². The van der Waals surface area contributed by atoms with Crippen molar-refractivity contribution in [3.63, 3.8) is 0 Å². The lowest BCUT2D eigenvalue weighted by atomic mass is 10.2. The zero-order chi connectivity index (χ0) is 18.2. The summed E-state index contributed by atoms with van der Waals surface area (Å²) in [6.45, 7) is 4.48. The summed E-state index contributed by atoms with van der Waals surface area (Å²) in [5.74, 6) is 1.02. The summed E-state index contributed by atoms with van der Waals surface area (Å²) in [7, 11) is 1.52. The van der Waals surface area contributed by atoms with Gasteiger partial charge >= 0.3 is 0 Å². The molecule has 0 unspecified atom stereocenters. The molecule has 0 aliphatic heterocycles. The van der Waals surface area contributed by atoms with E-state index in [0.717, 1.165) is 11.3 Å². The Bertz CT molecular complexity index is 730. The molecule has 132 valence electrons. The van der Waals surface area contributed by atoms with Crippen LogP contribution in [0.1, 0.15) is 29.8 Å². The molecule has 0 bridgehead atoms. The normalized spacial score (nSPS) is 10.2. The number of hydrogen-bond acceptors (Lipinski definition) is 4. The Kier molecular flexibility index (Phi) is 6.77. The summed E-state index contributed by atoms with van der Waals surface area (Å²) in [5.41, 5.74) is 1.47. The molecule has 25 heavy (non-hydrogen) atoms. The second-order valence-corrected chi connectivity index (χ2v) is 6.06. The Morgan fingerprint density at radius 1 is 1.12 bits per heavy atom. The van der Waals surface area contributed by atoms with Gasteiger partial charge in [-0.05, 0) is 55.9 Å². The van der Waals surface area contributed by atoms with Crippen LogP contribution in [0.4, 0.5) is 0 Å². The van der Waals surface area contributed by atoms with Crippen LogP contribution in [0.2, 0.25) is 0 Å². The number of hydrogen-bond donors (Lipinski definition) is 2. The van der Waals surface area contributed by atoms with Gasteiger partial charge in [-0.2, -0.15) is 0 Å². The van der Waals surface area contributed by atoms with E-state index in [9.17, 15) is 4.79 Å². The van der Waals surface area contributed by atoms with Crippen molar-refractivity contribution in [3.8, 4) is 11.5 Å². The number of para-hydroxylation sites is 1. The van der Waals surface area contributed by atoms with Crippen molar-refractivity contribution in [1.82, 2.24) is 10.6 Å². The van der Waals surface area contributed by atoms with Gasteiger partial charge in [0.25, 0.3) is 5.91 Å². The summed E-state index contributed by atoms with van der Waals surface area (Å²) in [6.07, 6.45) is 0.141. The molecule has 0 aliphatic carbocycles. The number of carbonyl (C=O) groups excluding carboxylic acids is 1. The predicted octanol–water partition coefficient (Wildman–Crippen LogP) is 3.29. The van der Waals surface area contributed by atoms with Gasteiger partial charge in [0.2, 0.25) is 0 Å².